The van der Waals surface area contributed by atoms with E-state index in [1.165, 1.54) is 4.90 Å². The van der Waals surface area contributed by atoms with Gasteiger partial charge in [0.2, 0.25) is 17.7 Å². The maximum atomic E-state index is 13.1. The number of imide groups is 1. The molecular weight excluding hydrogens is 672 g/mol. The molecule has 2 aliphatic heterocycles. The van der Waals surface area contributed by atoms with E-state index in [-0.39, 0.29) is 35.6 Å². The fourth-order valence-corrected chi connectivity index (χ4v) is 6.88. The number of carbonyl (C=O) groups is 4. The molecule has 11 nitrogen and oxygen atoms in total. The summed E-state index contributed by atoms with van der Waals surface area (Å²) >= 11 is 0. The van der Waals surface area contributed by atoms with Gasteiger partial charge in [-0.25, -0.2) is 0 Å². The lowest BCUT2D eigenvalue weighted by atomic mass is 9.88. The summed E-state index contributed by atoms with van der Waals surface area (Å²) in [6.07, 6.45) is 3.08. The van der Waals surface area contributed by atoms with Crippen molar-refractivity contribution in [2.45, 2.75) is 58.0 Å². The molecule has 1 unspecified atom stereocenters. The number of anilines is 1. The third-order valence-corrected chi connectivity index (χ3v) is 9.59. The highest BCUT2D eigenvalue weighted by molar-refractivity contribution is 6.06. The molecule has 4 amide bonds. The van der Waals surface area contributed by atoms with Gasteiger partial charge in [-0.15, -0.1) is 0 Å². The Morgan fingerprint density at radius 1 is 0.849 bits per heavy atom. The summed E-state index contributed by atoms with van der Waals surface area (Å²) in [5, 5.41) is 28.4. The molecule has 0 aliphatic carbocycles. The maximum Gasteiger partial charge on any atom is 0.255 e. The van der Waals surface area contributed by atoms with Crippen molar-refractivity contribution in [3.05, 3.63) is 119 Å². The molecular formula is C42H44N4O7. The van der Waals surface area contributed by atoms with E-state index < -0.39 is 11.9 Å². The Hall–Kier alpha value is -6.10. The highest BCUT2D eigenvalue weighted by atomic mass is 16.5. The van der Waals surface area contributed by atoms with Crippen molar-refractivity contribution in [2.75, 3.05) is 25.0 Å². The van der Waals surface area contributed by atoms with Crippen molar-refractivity contribution in [3.63, 3.8) is 0 Å². The van der Waals surface area contributed by atoms with Crippen LogP contribution in [0.1, 0.15) is 78.1 Å². The molecule has 6 rings (SSSR count). The number of amides is 4. The molecule has 0 spiro atoms. The number of carbonyl (C=O) groups excluding carboxylic acids is 4. The number of piperidine rings is 1. The Morgan fingerprint density at radius 3 is 2.17 bits per heavy atom. The minimum atomic E-state index is -0.657. The number of phenols is 2. The average Bonchev–Trinajstić information content (AvgIpc) is 3.50. The number of nitrogens with one attached hydrogen (secondary N) is 3. The number of nitrogens with zero attached hydrogens (tertiary/aromatic N) is 1. The van der Waals surface area contributed by atoms with E-state index >= 15 is 0 Å². The first-order valence-corrected chi connectivity index (χ1v) is 18.0. The second kappa shape index (κ2) is 16.9. The van der Waals surface area contributed by atoms with E-state index in [0.29, 0.717) is 56.8 Å². The Balaban J connectivity index is 0.946. The third kappa shape index (κ3) is 8.86. The first-order chi connectivity index (χ1) is 25.7. The number of ether oxygens (including phenoxy) is 1. The van der Waals surface area contributed by atoms with Crippen molar-refractivity contribution in [2.24, 2.45) is 0 Å². The predicted octanol–water partition coefficient (Wildman–Crippen LogP) is 6.01. The van der Waals surface area contributed by atoms with Crippen LogP contribution in [0.5, 0.6) is 17.2 Å². The van der Waals surface area contributed by atoms with Crippen molar-refractivity contribution in [1.82, 2.24) is 15.5 Å². The first-order valence-electron chi connectivity index (χ1n) is 18.0. The lowest BCUT2D eigenvalue weighted by Crippen LogP contribution is -2.52. The summed E-state index contributed by atoms with van der Waals surface area (Å²) < 4.78 is 5.92. The molecule has 0 radical (unpaired) electrons. The fourth-order valence-electron chi connectivity index (χ4n) is 6.88. The number of phenolic OH excluding ortho intramolecular Hbond substituents is 2. The molecule has 4 aromatic rings. The molecule has 1 saturated heterocycles. The number of aromatic hydroxyl groups is 2. The molecule has 0 saturated carbocycles. The molecule has 2 aliphatic rings. The largest absolute Gasteiger partial charge is 0.508 e. The van der Waals surface area contributed by atoms with Gasteiger partial charge in [0.15, 0.2) is 0 Å². The third-order valence-electron chi connectivity index (χ3n) is 9.59. The number of unbranched alkanes of at least 4 members (excludes halogenated alkanes) is 1. The summed E-state index contributed by atoms with van der Waals surface area (Å²) in [5.41, 5.74) is 7.28. The van der Waals surface area contributed by atoms with Crippen LogP contribution in [0, 0.1) is 0 Å². The second-order valence-electron chi connectivity index (χ2n) is 13.1. The SMILES string of the molecule is CCC(=C(c1ccc(O)cc1)c1ccc(OCCNC(=O)CCCCNc2cccc3c2CN(C2CCC(=O)NC2=O)C3=O)cc1)c1ccc(O)cc1. The van der Waals surface area contributed by atoms with Crippen LogP contribution in [0.25, 0.3) is 11.1 Å². The van der Waals surface area contributed by atoms with E-state index in [1.807, 2.05) is 60.7 Å². The van der Waals surface area contributed by atoms with Gasteiger partial charge in [-0.05, 0) is 102 Å². The zero-order valence-electron chi connectivity index (χ0n) is 29.7. The normalized spacial score (nSPS) is 15.8. The molecule has 11 heteroatoms. The van der Waals surface area contributed by atoms with Crippen molar-refractivity contribution in [1.29, 1.82) is 0 Å². The molecule has 0 aromatic heterocycles. The minimum absolute atomic E-state index is 0.0555. The van der Waals surface area contributed by atoms with Crippen LogP contribution in [0.3, 0.4) is 0 Å². The zero-order chi connectivity index (χ0) is 37.3. The van der Waals surface area contributed by atoms with Crippen LogP contribution >= 0.6 is 0 Å². The summed E-state index contributed by atoms with van der Waals surface area (Å²) in [6.45, 7) is 3.69. The molecule has 1 atom stereocenters. The van der Waals surface area contributed by atoms with Crippen LogP contribution in [0.4, 0.5) is 5.69 Å². The number of benzene rings is 4. The van der Waals surface area contributed by atoms with E-state index in [2.05, 4.69) is 22.9 Å². The van der Waals surface area contributed by atoms with Gasteiger partial charge < -0.3 is 30.5 Å². The van der Waals surface area contributed by atoms with Gasteiger partial charge in [-0.3, -0.25) is 24.5 Å². The van der Waals surface area contributed by atoms with Crippen molar-refractivity contribution >= 4 is 40.5 Å². The topological polar surface area (TPSA) is 157 Å². The van der Waals surface area contributed by atoms with Crippen LogP contribution in [0.15, 0.2) is 91.0 Å². The smallest absolute Gasteiger partial charge is 0.255 e. The number of rotatable bonds is 15. The standard InChI is InChI=1S/C42H44N4O7/c1-2-33(27-9-15-30(47)16-10-27)40(28-11-17-31(48)18-12-28)29-13-19-32(20-14-29)53-25-24-44-38(49)8-3-4-23-43-36-7-5-6-34-35(36)26-46(42(34)52)37-21-22-39(50)45-41(37)51/h5-7,9-20,37,43,47-48H,2-4,8,21-26H2,1H3,(H,44,49)(H,45,50,51). The lowest BCUT2D eigenvalue weighted by Gasteiger charge is -2.29. The van der Waals surface area contributed by atoms with Crippen molar-refractivity contribution < 1.29 is 34.1 Å². The number of allylic oxidation sites excluding steroid dienone is 1. The quantitative estimate of drug-likeness (QED) is 0.0570. The molecule has 53 heavy (non-hydrogen) atoms. The highest BCUT2D eigenvalue weighted by Gasteiger charge is 2.39. The number of hydrogen-bond donors (Lipinski definition) is 5. The van der Waals surface area contributed by atoms with Gasteiger partial charge in [0.1, 0.15) is 29.9 Å². The number of hydrogen-bond acceptors (Lipinski definition) is 8. The first kappa shape index (κ1) is 36.7. The molecule has 2 heterocycles. The van der Waals surface area contributed by atoms with Gasteiger partial charge >= 0.3 is 0 Å². The van der Waals surface area contributed by atoms with Crippen molar-refractivity contribution in [3.8, 4) is 17.2 Å². The molecule has 4 aromatic carbocycles. The second-order valence-corrected chi connectivity index (χ2v) is 13.1. The van der Waals surface area contributed by atoms with E-state index in [1.54, 1.807) is 30.3 Å². The Labute approximate surface area is 308 Å². The summed E-state index contributed by atoms with van der Waals surface area (Å²) in [4.78, 5) is 51.0. The van der Waals surface area contributed by atoms with E-state index in [0.717, 1.165) is 51.9 Å². The summed E-state index contributed by atoms with van der Waals surface area (Å²) in [6, 6.07) is 26.9. The van der Waals surface area contributed by atoms with Gasteiger partial charge in [0.25, 0.3) is 5.91 Å². The van der Waals surface area contributed by atoms with E-state index in [9.17, 15) is 29.4 Å². The van der Waals surface area contributed by atoms with Gasteiger partial charge in [0, 0.05) is 42.7 Å². The monoisotopic (exact) mass is 716 g/mol. The fraction of sp³-hybridized carbons (Fsp3) is 0.286. The zero-order valence-corrected chi connectivity index (χ0v) is 29.7. The minimum Gasteiger partial charge on any atom is -0.508 e. The summed E-state index contributed by atoms with van der Waals surface area (Å²) in [5.74, 6) is 0.0651. The Bertz CT molecular complexity index is 1990. The maximum absolute atomic E-state index is 13.1. The summed E-state index contributed by atoms with van der Waals surface area (Å²) in [7, 11) is 0. The van der Waals surface area contributed by atoms with Gasteiger partial charge in [-0.1, -0.05) is 49.4 Å². The predicted molar refractivity (Wildman–Crippen MR) is 202 cm³/mol. The van der Waals surface area contributed by atoms with Crippen LogP contribution in [-0.2, 0) is 20.9 Å². The van der Waals surface area contributed by atoms with Crippen LogP contribution in [0.2, 0.25) is 0 Å². The molecule has 5 N–H and O–H groups in total. The number of fused-ring (bicyclic) bond motifs is 1. The highest BCUT2D eigenvalue weighted by Crippen LogP contribution is 2.36. The van der Waals surface area contributed by atoms with Crippen LogP contribution < -0.4 is 20.7 Å². The lowest BCUT2D eigenvalue weighted by molar-refractivity contribution is -0.137. The average molecular weight is 717 g/mol. The van der Waals surface area contributed by atoms with Crippen LogP contribution in [-0.4, -0.2) is 64.5 Å². The van der Waals surface area contributed by atoms with Gasteiger partial charge in [0.05, 0.1) is 6.54 Å². The Kier molecular flexibility index (Phi) is 11.7. The Morgan fingerprint density at radius 2 is 1.51 bits per heavy atom. The van der Waals surface area contributed by atoms with E-state index in [4.69, 9.17) is 4.74 Å². The molecule has 274 valence electrons. The van der Waals surface area contributed by atoms with Gasteiger partial charge in [-0.2, -0.15) is 0 Å². The molecule has 1 fully saturated rings. The molecule has 0 bridgehead atoms.